The zero-order chi connectivity index (χ0) is 9.84. The highest BCUT2D eigenvalue weighted by Crippen LogP contribution is 2.27. The molecule has 0 aromatic heterocycles. The fraction of sp³-hybridized carbons (Fsp3) is 0.889. The maximum absolute atomic E-state index is 11.7. The highest BCUT2D eigenvalue weighted by Gasteiger charge is 2.36. The van der Waals surface area contributed by atoms with Crippen molar-refractivity contribution in [2.24, 2.45) is 11.7 Å². The summed E-state index contributed by atoms with van der Waals surface area (Å²) in [5.74, 6) is 0.943. The lowest BCUT2D eigenvalue weighted by atomic mass is 10.00. The van der Waals surface area contributed by atoms with Gasteiger partial charge in [0.25, 0.3) is 0 Å². The van der Waals surface area contributed by atoms with Gasteiger partial charge in [-0.05, 0) is 12.8 Å². The Labute approximate surface area is 85.1 Å². The maximum atomic E-state index is 11.7. The van der Waals surface area contributed by atoms with Crippen molar-refractivity contribution in [3.63, 3.8) is 0 Å². The number of carbonyl (C=O) groups is 1. The molecule has 0 aromatic rings. The average molecular weight is 202 g/mol. The first-order valence-corrected chi connectivity index (χ1v) is 5.49. The monoisotopic (exact) mass is 202 g/mol. The standard InChI is InChI=1S/C9H18N2OS/c1-2-3-7-4-8(5-10)11(6-13)9(7)12/h7-8,13H,2-6,10H2,1H3. The van der Waals surface area contributed by atoms with E-state index in [0.29, 0.717) is 12.4 Å². The molecule has 1 rings (SSSR count). The summed E-state index contributed by atoms with van der Waals surface area (Å²) >= 11 is 4.15. The van der Waals surface area contributed by atoms with E-state index in [0.717, 1.165) is 19.3 Å². The van der Waals surface area contributed by atoms with Crippen LogP contribution in [0.25, 0.3) is 0 Å². The van der Waals surface area contributed by atoms with Crippen LogP contribution in [-0.4, -0.2) is 29.3 Å². The van der Waals surface area contributed by atoms with Gasteiger partial charge in [-0.1, -0.05) is 13.3 Å². The van der Waals surface area contributed by atoms with Gasteiger partial charge in [-0.15, -0.1) is 0 Å². The first-order chi connectivity index (χ1) is 6.24. The fourth-order valence-corrected chi connectivity index (χ4v) is 2.34. The molecule has 2 atom stereocenters. The summed E-state index contributed by atoms with van der Waals surface area (Å²) in [6.45, 7) is 2.67. The molecule has 1 fully saturated rings. The van der Waals surface area contributed by atoms with Gasteiger partial charge >= 0.3 is 0 Å². The molecule has 0 spiro atoms. The molecular formula is C9H18N2OS. The van der Waals surface area contributed by atoms with Gasteiger partial charge in [0.2, 0.25) is 5.91 Å². The number of carbonyl (C=O) groups excluding carboxylic acids is 1. The first kappa shape index (κ1) is 10.9. The third-order valence-corrected chi connectivity index (χ3v) is 3.00. The molecule has 0 aliphatic carbocycles. The number of nitrogens with two attached hydrogens (primary N) is 1. The molecule has 2 unspecified atom stereocenters. The predicted octanol–water partition coefficient (Wildman–Crippen LogP) is 0.850. The van der Waals surface area contributed by atoms with Gasteiger partial charge in [0.1, 0.15) is 0 Å². The lowest BCUT2D eigenvalue weighted by Crippen LogP contribution is -2.37. The molecule has 76 valence electrons. The van der Waals surface area contributed by atoms with E-state index in [2.05, 4.69) is 19.6 Å². The molecule has 1 heterocycles. The Kier molecular flexibility index (Phi) is 4.06. The Morgan fingerprint density at radius 3 is 2.77 bits per heavy atom. The van der Waals surface area contributed by atoms with E-state index in [9.17, 15) is 4.79 Å². The van der Waals surface area contributed by atoms with E-state index in [1.165, 1.54) is 0 Å². The summed E-state index contributed by atoms with van der Waals surface area (Å²) in [7, 11) is 0. The Bertz CT molecular complexity index is 186. The summed E-state index contributed by atoms with van der Waals surface area (Å²) in [5.41, 5.74) is 5.59. The Morgan fingerprint density at radius 2 is 2.38 bits per heavy atom. The van der Waals surface area contributed by atoms with E-state index >= 15 is 0 Å². The van der Waals surface area contributed by atoms with Gasteiger partial charge < -0.3 is 10.6 Å². The van der Waals surface area contributed by atoms with Crippen LogP contribution in [0.5, 0.6) is 0 Å². The van der Waals surface area contributed by atoms with Crippen molar-refractivity contribution in [2.75, 3.05) is 12.4 Å². The van der Waals surface area contributed by atoms with Crippen molar-refractivity contribution in [2.45, 2.75) is 32.2 Å². The normalized spacial score (nSPS) is 28.5. The van der Waals surface area contributed by atoms with Crippen molar-refractivity contribution in [1.82, 2.24) is 4.90 Å². The van der Waals surface area contributed by atoms with Crippen molar-refractivity contribution in [3.8, 4) is 0 Å². The molecule has 1 aliphatic rings. The van der Waals surface area contributed by atoms with E-state index in [-0.39, 0.29) is 17.9 Å². The van der Waals surface area contributed by atoms with Gasteiger partial charge in [0.05, 0.1) is 5.88 Å². The van der Waals surface area contributed by atoms with Crippen molar-refractivity contribution >= 4 is 18.5 Å². The first-order valence-electron chi connectivity index (χ1n) is 4.86. The van der Waals surface area contributed by atoms with Crippen molar-refractivity contribution in [3.05, 3.63) is 0 Å². The molecule has 2 N–H and O–H groups in total. The SMILES string of the molecule is CCCC1CC(CN)N(CS)C1=O. The minimum Gasteiger partial charge on any atom is -0.329 e. The topological polar surface area (TPSA) is 46.3 Å². The van der Waals surface area contributed by atoms with E-state index in [1.807, 2.05) is 0 Å². The molecule has 1 aliphatic heterocycles. The lowest BCUT2D eigenvalue weighted by molar-refractivity contribution is -0.131. The fourth-order valence-electron chi connectivity index (χ4n) is 1.97. The number of hydrogen-bond donors (Lipinski definition) is 2. The smallest absolute Gasteiger partial charge is 0.226 e. The van der Waals surface area contributed by atoms with Crippen LogP contribution in [0.2, 0.25) is 0 Å². The Balaban J connectivity index is 2.60. The predicted molar refractivity (Wildman–Crippen MR) is 56.6 cm³/mol. The zero-order valence-corrected chi connectivity index (χ0v) is 8.96. The second kappa shape index (κ2) is 4.86. The van der Waals surface area contributed by atoms with E-state index in [4.69, 9.17) is 5.73 Å². The van der Waals surface area contributed by atoms with Crippen LogP contribution < -0.4 is 5.73 Å². The van der Waals surface area contributed by atoms with Crippen LogP contribution in [0, 0.1) is 5.92 Å². The van der Waals surface area contributed by atoms with Crippen LogP contribution in [0.4, 0.5) is 0 Å². The number of hydrogen-bond acceptors (Lipinski definition) is 3. The van der Waals surface area contributed by atoms with E-state index < -0.39 is 0 Å². The number of thiol groups is 1. The quantitative estimate of drug-likeness (QED) is 0.664. The molecule has 13 heavy (non-hydrogen) atoms. The maximum Gasteiger partial charge on any atom is 0.226 e. The molecule has 0 radical (unpaired) electrons. The third-order valence-electron chi connectivity index (χ3n) is 2.69. The van der Waals surface area contributed by atoms with Crippen LogP contribution >= 0.6 is 12.6 Å². The number of likely N-dealkylation sites (tertiary alicyclic amines) is 1. The number of nitrogens with zero attached hydrogens (tertiary/aromatic N) is 1. The van der Waals surface area contributed by atoms with Crippen LogP contribution in [-0.2, 0) is 4.79 Å². The molecule has 3 nitrogen and oxygen atoms in total. The molecule has 0 saturated carbocycles. The Morgan fingerprint density at radius 1 is 1.69 bits per heavy atom. The molecule has 1 amide bonds. The lowest BCUT2D eigenvalue weighted by Gasteiger charge is -2.20. The molecule has 0 aromatic carbocycles. The van der Waals surface area contributed by atoms with Crippen LogP contribution in [0.3, 0.4) is 0 Å². The molecular weight excluding hydrogens is 184 g/mol. The third kappa shape index (κ3) is 2.17. The highest BCUT2D eigenvalue weighted by molar-refractivity contribution is 7.80. The zero-order valence-electron chi connectivity index (χ0n) is 8.07. The van der Waals surface area contributed by atoms with Crippen molar-refractivity contribution in [1.29, 1.82) is 0 Å². The minimum atomic E-state index is 0.200. The van der Waals surface area contributed by atoms with Gasteiger partial charge in [0, 0.05) is 18.5 Å². The van der Waals surface area contributed by atoms with Gasteiger partial charge in [-0.25, -0.2) is 0 Å². The summed E-state index contributed by atoms with van der Waals surface area (Å²) < 4.78 is 0. The van der Waals surface area contributed by atoms with Gasteiger partial charge in [-0.2, -0.15) is 12.6 Å². The van der Waals surface area contributed by atoms with Crippen LogP contribution in [0.15, 0.2) is 0 Å². The number of amides is 1. The summed E-state index contributed by atoms with van der Waals surface area (Å²) in [6.07, 6.45) is 2.97. The van der Waals surface area contributed by atoms with Gasteiger partial charge in [-0.3, -0.25) is 4.79 Å². The largest absolute Gasteiger partial charge is 0.329 e. The van der Waals surface area contributed by atoms with Crippen molar-refractivity contribution < 1.29 is 4.79 Å². The average Bonchev–Trinajstić information content (AvgIpc) is 2.44. The Hall–Kier alpha value is -0.220. The van der Waals surface area contributed by atoms with Crippen LogP contribution in [0.1, 0.15) is 26.2 Å². The molecule has 4 heteroatoms. The molecule has 0 bridgehead atoms. The number of rotatable bonds is 4. The highest BCUT2D eigenvalue weighted by atomic mass is 32.1. The second-order valence-corrected chi connectivity index (χ2v) is 3.84. The summed E-state index contributed by atoms with van der Waals surface area (Å²) in [5, 5.41) is 0. The van der Waals surface area contributed by atoms with E-state index in [1.54, 1.807) is 4.90 Å². The molecule has 1 saturated heterocycles. The van der Waals surface area contributed by atoms with Gasteiger partial charge in [0.15, 0.2) is 0 Å². The summed E-state index contributed by atoms with van der Waals surface area (Å²) in [6, 6.07) is 0.224. The minimum absolute atomic E-state index is 0.200. The summed E-state index contributed by atoms with van der Waals surface area (Å²) in [4.78, 5) is 13.5. The second-order valence-electron chi connectivity index (χ2n) is 3.56.